The lowest BCUT2D eigenvalue weighted by atomic mass is 9.92. The van der Waals surface area contributed by atoms with E-state index in [0.717, 1.165) is 0 Å². The molecule has 0 aliphatic carbocycles. The first kappa shape index (κ1) is 27.1. The maximum Gasteiger partial charge on any atom is 0.429 e. The number of nitrogens with zero attached hydrogens (tertiary/aromatic N) is 3. The number of aliphatic carboxylic acids is 1. The van der Waals surface area contributed by atoms with Crippen LogP contribution in [-0.4, -0.2) is 33.3 Å². The molecule has 2 atom stereocenters. The van der Waals surface area contributed by atoms with Crippen molar-refractivity contribution in [2.45, 2.75) is 24.7 Å². The summed E-state index contributed by atoms with van der Waals surface area (Å²) in [5.74, 6) is -1.90. The van der Waals surface area contributed by atoms with E-state index in [0.29, 0.717) is 16.7 Å². The molecule has 0 radical (unpaired) electrons. The molecule has 0 aliphatic rings. The molecule has 1 aromatic heterocycles. The number of hydrogen-bond acceptors (Lipinski definition) is 7. The van der Waals surface area contributed by atoms with Gasteiger partial charge in [-0.2, -0.15) is 23.4 Å². The van der Waals surface area contributed by atoms with Gasteiger partial charge in [0.15, 0.2) is 0 Å². The molecule has 1 heterocycles. The smallest absolute Gasteiger partial charge is 0.429 e. The minimum Gasteiger partial charge on any atom is -0.480 e. The number of carboxylic acids is 1. The molecular weight excluding hydrogens is 511 g/mol. The fourth-order valence-corrected chi connectivity index (χ4v) is 4.03. The first-order valence-electron chi connectivity index (χ1n) is 11.6. The van der Waals surface area contributed by atoms with Crippen molar-refractivity contribution in [1.82, 2.24) is 9.97 Å². The quantitative estimate of drug-likeness (QED) is 0.290. The molecule has 0 amide bonds. The number of benzene rings is 3. The largest absolute Gasteiger partial charge is 0.480 e. The van der Waals surface area contributed by atoms with E-state index in [4.69, 9.17) is 21.3 Å². The summed E-state index contributed by atoms with van der Waals surface area (Å²) < 4.78 is 48.8. The van der Waals surface area contributed by atoms with Crippen LogP contribution in [-0.2, 0) is 11.2 Å². The molecule has 198 valence electrons. The van der Waals surface area contributed by atoms with Crippen molar-refractivity contribution in [3.63, 3.8) is 0 Å². The van der Waals surface area contributed by atoms with Crippen LogP contribution in [0.25, 0.3) is 22.4 Å². The maximum atomic E-state index is 14.5. The van der Waals surface area contributed by atoms with E-state index in [2.05, 4.69) is 9.97 Å². The minimum absolute atomic E-state index is 0.0885. The third-order valence-corrected chi connectivity index (χ3v) is 5.85. The fraction of sp³-hybridized carbons (Fsp3) is 0.143. The van der Waals surface area contributed by atoms with Crippen LogP contribution in [0.1, 0.15) is 22.8 Å². The standard InChI is InChI=1S/C28H22F3N5O3/c29-28(30,31)25(24-19(15-32)7-4-8-20(24)17-5-2-1-3-6-17)39-23-14-22(35-27(34)36-23)18-11-9-16(10-12-18)13-21(33)26(37)38/h1-12,14,21,25H,13,33H2,(H,37,38)(H2,34,35,36)/t21-,25?/m0/s1. The number of carbonyl (C=O) groups is 1. The lowest BCUT2D eigenvalue weighted by Gasteiger charge is -2.25. The zero-order valence-corrected chi connectivity index (χ0v) is 20.3. The van der Waals surface area contributed by atoms with Gasteiger partial charge >= 0.3 is 12.1 Å². The van der Waals surface area contributed by atoms with E-state index in [1.165, 1.54) is 24.3 Å². The third kappa shape index (κ3) is 6.31. The van der Waals surface area contributed by atoms with Gasteiger partial charge in [-0.1, -0.05) is 66.7 Å². The Morgan fingerprint density at radius 2 is 1.69 bits per heavy atom. The van der Waals surface area contributed by atoms with Crippen LogP contribution in [0.2, 0.25) is 0 Å². The van der Waals surface area contributed by atoms with Crippen LogP contribution in [0.15, 0.2) is 78.9 Å². The predicted octanol–water partition coefficient (Wildman–Crippen LogP) is 4.90. The Morgan fingerprint density at radius 3 is 2.31 bits per heavy atom. The predicted molar refractivity (Wildman–Crippen MR) is 137 cm³/mol. The van der Waals surface area contributed by atoms with Crippen molar-refractivity contribution in [3.05, 3.63) is 95.6 Å². The Balaban J connectivity index is 1.73. The number of rotatable bonds is 8. The number of halogens is 3. The molecule has 39 heavy (non-hydrogen) atoms. The summed E-state index contributed by atoms with van der Waals surface area (Å²) in [4.78, 5) is 19.0. The number of hydrogen-bond donors (Lipinski definition) is 3. The molecule has 8 nitrogen and oxygen atoms in total. The number of aromatic nitrogens is 2. The molecule has 0 spiro atoms. The van der Waals surface area contributed by atoms with Gasteiger partial charge in [0.05, 0.1) is 17.3 Å². The first-order valence-corrected chi connectivity index (χ1v) is 11.6. The first-order chi connectivity index (χ1) is 18.6. The average Bonchev–Trinajstić information content (AvgIpc) is 2.91. The zero-order valence-electron chi connectivity index (χ0n) is 20.3. The lowest BCUT2D eigenvalue weighted by Crippen LogP contribution is -2.32. The topological polar surface area (TPSA) is 148 Å². The van der Waals surface area contributed by atoms with Gasteiger partial charge in [-0.3, -0.25) is 4.79 Å². The molecular formula is C28H22F3N5O3. The van der Waals surface area contributed by atoms with Crippen molar-refractivity contribution < 1.29 is 27.8 Å². The molecule has 0 saturated heterocycles. The SMILES string of the molecule is N#Cc1cccc(-c2ccccc2)c1C(Oc1cc(-c2ccc(C[C@H](N)C(=O)O)cc2)nc(N)n1)C(F)(F)F. The van der Waals surface area contributed by atoms with Gasteiger partial charge in [0.1, 0.15) is 6.04 Å². The van der Waals surface area contributed by atoms with E-state index in [1.54, 1.807) is 54.6 Å². The minimum atomic E-state index is -4.92. The second kappa shape index (κ2) is 11.2. The van der Waals surface area contributed by atoms with Crippen LogP contribution < -0.4 is 16.2 Å². The monoisotopic (exact) mass is 533 g/mol. The Labute approximate surface area is 221 Å². The summed E-state index contributed by atoms with van der Waals surface area (Å²) in [5.41, 5.74) is 12.8. The van der Waals surface area contributed by atoms with Gasteiger partial charge in [-0.25, -0.2) is 4.98 Å². The Bertz CT molecular complexity index is 1520. The van der Waals surface area contributed by atoms with Crippen LogP contribution in [0.5, 0.6) is 5.88 Å². The van der Waals surface area contributed by atoms with Crippen LogP contribution in [0.3, 0.4) is 0 Å². The number of nitrogens with two attached hydrogens (primary N) is 2. The molecule has 0 saturated carbocycles. The molecule has 5 N–H and O–H groups in total. The second-order valence-corrected chi connectivity index (χ2v) is 8.58. The average molecular weight is 534 g/mol. The number of nitriles is 1. The van der Waals surface area contributed by atoms with Gasteiger partial charge in [0.25, 0.3) is 0 Å². The Kier molecular flexibility index (Phi) is 7.78. The van der Waals surface area contributed by atoms with Crippen LogP contribution >= 0.6 is 0 Å². The highest BCUT2D eigenvalue weighted by Gasteiger charge is 2.46. The molecule has 11 heteroatoms. The van der Waals surface area contributed by atoms with Crippen molar-refractivity contribution >= 4 is 11.9 Å². The van der Waals surface area contributed by atoms with Gasteiger partial charge in [-0.15, -0.1) is 0 Å². The molecule has 4 rings (SSSR count). The highest BCUT2D eigenvalue weighted by molar-refractivity contribution is 5.74. The molecule has 3 aromatic carbocycles. The van der Waals surface area contributed by atoms with Gasteiger partial charge in [0, 0.05) is 17.2 Å². The van der Waals surface area contributed by atoms with E-state index in [1.807, 2.05) is 6.07 Å². The summed E-state index contributed by atoms with van der Waals surface area (Å²) in [5, 5.41) is 18.7. The Morgan fingerprint density at radius 1 is 1.00 bits per heavy atom. The number of carboxylic acid groups (broad SMARTS) is 1. The van der Waals surface area contributed by atoms with E-state index < -0.39 is 30.2 Å². The molecule has 0 fully saturated rings. The van der Waals surface area contributed by atoms with Crippen molar-refractivity contribution in [1.29, 1.82) is 5.26 Å². The summed E-state index contributed by atoms with van der Waals surface area (Å²) >= 11 is 0. The molecule has 0 aliphatic heterocycles. The van der Waals surface area contributed by atoms with E-state index in [9.17, 15) is 23.2 Å². The summed E-state index contributed by atoms with van der Waals surface area (Å²) in [6.07, 6.45) is -7.36. The molecule has 0 bridgehead atoms. The lowest BCUT2D eigenvalue weighted by molar-refractivity contribution is -0.198. The zero-order chi connectivity index (χ0) is 28.2. The van der Waals surface area contributed by atoms with Gasteiger partial charge in [-0.05, 0) is 29.2 Å². The third-order valence-electron chi connectivity index (χ3n) is 5.85. The van der Waals surface area contributed by atoms with Gasteiger partial charge in [0.2, 0.25) is 17.9 Å². The number of alkyl halides is 3. The summed E-state index contributed by atoms with van der Waals surface area (Å²) in [6.45, 7) is 0. The van der Waals surface area contributed by atoms with Gasteiger partial charge < -0.3 is 21.3 Å². The maximum absolute atomic E-state index is 14.5. The summed E-state index contributed by atoms with van der Waals surface area (Å²) in [6, 6.07) is 21.1. The van der Waals surface area contributed by atoms with Crippen molar-refractivity contribution in [3.8, 4) is 34.3 Å². The van der Waals surface area contributed by atoms with Crippen LogP contribution in [0.4, 0.5) is 19.1 Å². The fourth-order valence-electron chi connectivity index (χ4n) is 4.03. The second-order valence-electron chi connectivity index (χ2n) is 8.58. The van der Waals surface area contributed by atoms with Crippen molar-refractivity contribution in [2.75, 3.05) is 5.73 Å². The highest BCUT2D eigenvalue weighted by Crippen LogP contribution is 2.42. The highest BCUT2D eigenvalue weighted by atomic mass is 19.4. The van der Waals surface area contributed by atoms with Crippen LogP contribution in [0, 0.1) is 11.3 Å². The normalized spacial score (nSPS) is 12.8. The molecule has 4 aromatic rings. The number of anilines is 1. The number of ether oxygens (including phenoxy) is 1. The van der Waals surface area contributed by atoms with Crippen molar-refractivity contribution in [2.24, 2.45) is 5.73 Å². The van der Waals surface area contributed by atoms with E-state index >= 15 is 0 Å². The van der Waals surface area contributed by atoms with E-state index in [-0.39, 0.29) is 34.8 Å². The summed E-state index contributed by atoms with van der Waals surface area (Å²) in [7, 11) is 0. The number of nitrogen functional groups attached to an aromatic ring is 1. The molecule has 1 unspecified atom stereocenters. The Hall–Kier alpha value is -4.95.